The molecule has 2 fully saturated rings. The second kappa shape index (κ2) is 2.28. The molecular weight excluding hydrogens is 212 g/mol. The summed E-state index contributed by atoms with van der Waals surface area (Å²) < 4.78 is 9.90. The monoisotopic (exact) mass is 220 g/mol. The zero-order valence-corrected chi connectivity index (χ0v) is 7.76. The zero-order chi connectivity index (χ0) is 8.06. The first-order valence-electron chi connectivity index (χ1n) is 3.61. The van der Waals surface area contributed by atoms with Crippen molar-refractivity contribution in [1.82, 2.24) is 0 Å². The van der Waals surface area contributed by atoms with E-state index < -0.39 is 4.32 Å². The summed E-state index contributed by atoms with van der Waals surface area (Å²) in [5, 5.41) is 0. The number of hydrogen-bond donors (Lipinski definition) is 0. The molecule has 2 aliphatic heterocycles. The highest BCUT2D eigenvalue weighted by Crippen LogP contribution is 2.45. The Morgan fingerprint density at radius 2 is 2.45 bits per heavy atom. The second-order valence-corrected chi connectivity index (χ2v) is 4.38. The highest BCUT2D eigenvalue weighted by Gasteiger charge is 2.59. The van der Waals surface area contributed by atoms with Crippen LogP contribution in [0.1, 0.15) is 13.3 Å². The lowest BCUT2D eigenvalue weighted by atomic mass is 9.96. The summed E-state index contributed by atoms with van der Waals surface area (Å²) in [6.45, 7) is 2.19. The Bertz CT molecular complexity index is 206. The Balaban J connectivity index is 2.17. The molecule has 62 valence electrons. The van der Waals surface area contributed by atoms with Crippen LogP contribution in [0.2, 0.25) is 0 Å². The Morgan fingerprint density at radius 3 is 3.00 bits per heavy atom. The van der Waals surface area contributed by atoms with Gasteiger partial charge in [0.2, 0.25) is 0 Å². The van der Waals surface area contributed by atoms with Crippen molar-refractivity contribution >= 4 is 21.7 Å². The Kier molecular flexibility index (Phi) is 1.60. The summed E-state index contributed by atoms with van der Waals surface area (Å²) >= 11 is 3.41. The average Bonchev–Trinajstić information content (AvgIpc) is 2.67. The molecule has 0 amide bonds. The molecule has 2 saturated heterocycles. The predicted octanol–water partition coefficient (Wildman–Crippen LogP) is 0.854. The highest BCUT2D eigenvalue weighted by atomic mass is 79.9. The third kappa shape index (κ3) is 1.04. The standard InChI is InChI=1S/C7H9BrO3/c1-4(9)7(8)2-3-10-6-5(7)11-6/h5-6H,2-3H2,1H3. The molecule has 0 spiro atoms. The van der Waals surface area contributed by atoms with Crippen LogP contribution in [0.3, 0.4) is 0 Å². The van der Waals surface area contributed by atoms with E-state index >= 15 is 0 Å². The summed E-state index contributed by atoms with van der Waals surface area (Å²) in [7, 11) is 0. The SMILES string of the molecule is CC(=O)C1(Br)CCOC2OC21. The molecule has 0 aliphatic carbocycles. The van der Waals surface area contributed by atoms with Crippen molar-refractivity contribution < 1.29 is 14.3 Å². The van der Waals surface area contributed by atoms with Crippen molar-refractivity contribution in [3.05, 3.63) is 0 Å². The number of carbonyl (C=O) groups excluding carboxylic acids is 1. The van der Waals surface area contributed by atoms with Crippen LogP contribution >= 0.6 is 15.9 Å². The van der Waals surface area contributed by atoms with Crippen LogP contribution in [0.25, 0.3) is 0 Å². The van der Waals surface area contributed by atoms with Gasteiger partial charge in [-0.15, -0.1) is 0 Å². The third-order valence-corrected chi connectivity index (χ3v) is 3.64. The minimum atomic E-state index is -0.462. The number of ketones is 1. The van der Waals surface area contributed by atoms with Crippen molar-refractivity contribution in [1.29, 1.82) is 0 Å². The molecule has 2 rings (SSSR count). The molecule has 3 unspecified atom stereocenters. The van der Waals surface area contributed by atoms with Gasteiger partial charge in [0.25, 0.3) is 0 Å². The molecule has 0 aromatic heterocycles. The van der Waals surface area contributed by atoms with Gasteiger partial charge in [0, 0.05) is 0 Å². The number of ether oxygens (including phenoxy) is 2. The fraction of sp³-hybridized carbons (Fsp3) is 0.857. The van der Waals surface area contributed by atoms with E-state index in [9.17, 15) is 4.79 Å². The lowest BCUT2D eigenvalue weighted by Crippen LogP contribution is -2.41. The minimum Gasteiger partial charge on any atom is -0.350 e. The first kappa shape index (κ1) is 7.71. The van der Waals surface area contributed by atoms with Crippen LogP contribution in [-0.2, 0) is 14.3 Å². The van der Waals surface area contributed by atoms with Gasteiger partial charge in [-0.25, -0.2) is 0 Å². The van der Waals surface area contributed by atoms with Gasteiger partial charge in [-0.1, -0.05) is 15.9 Å². The molecule has 0 aromatic carbocycles. The topological polar surface area (TPSA) is 38.8 Å². The van der Waals surface area contributed by atoms with Gasteiger partial charge >= 0.3 is 0 Å². The molecule has 0 N–H and O–H groups in total. The third-order valence-electron chi connectivity index (χ3n) is 2.24. The number of halogens is 1. The molecule has 0 aromatic rings. The maximum Gasteiger partial charge on any atom is 0.186 e. The first-order chi connectivity index (χ1) is 5.14. The maximum absolute atomic E-state index is 11.2. The van der Waals surface area contributed by atoms with Crippen LogP contribution in [0.4, 0.5) is 0 Å². The van der Waals surface area contributed by atoms with Gasteiger partial charge in [-0.3, -0.25) is 4.79 Å². The van der Waals surface area contributed by atoms with Crippen molar-refractivity contribution in [2.75, 3.05) is 6.61 Å². The molecule has 0 saturated carbocycles. The Hall–Kier alpha value is 0.0700. The van der Waals surface area contributed by atoms with E-state index in [1.54, 1.807) is 6.92 Å². The normalized spacial score (nSPS) is 48.2. The molecule has 4 heteroatoms. The van der Waals surface area contributed by atoms with Crippen molar-refractivity contribution in [3.8, 4) is 0 Å². The molecular formula is C7H9BrO3. The van der Waals surface area contributed by atoms with Crippen molar-refractivity contribution in [2.45, 2.75) is 30.1 Å². The van der Waals surface area contributed by atoms with Gasteiger partial charge in [0.05, 0.1) is 6.61 Å². The van der Waals surface area contributed by atoms with Gasteiger partial charge < -0.3 is 9.47 Å². The predicted molar refractivity (Wildman–Crippen MR) is 41.6 cm³/mol. The Morgan fingerprint density at radius 1 is 1.73 bits per heavy atom. The highest BCUT2D eigenvalue weighted by molar-refractivity contribution is 9.10. The fourth-order valence-corrected chi connectivity index (χ4v) is 1.88. The number of alkyl halides is 1. The summed E-state index contributed by atoms with van der Waals surface area (Å²) in [6, 6.07) is 0. The van der Waals surface area contributed by atoms with Crippen LogP contribution < -0.4 is 0 Å². The van der Waals surface area contributed by atoms with Gasteiger partial charge in [0.1, 0.15) is 16.2 Å². The van der Waals surface area contributed by atoms with E-state index in [1.165, 1.54) is 0 Å². The van der Waals surface area contributed by atoms with Crippen molar-refractivity contribution in [3.63, 3.8) is 0 Å². The van der Waals surface area contributed by atoms with Crippen molar-refractivity contribution in [2.24, 2.45) is 0 Å². The largest absolute Gasteiger partial charge is 0.350 e. The van der Waals surface area contributed by atoms with Gasteiger partial charge in [0.15, 0.2) is 6.29 Å². The summed E-state index contributed by atoms with van der Waals surface area (Å²) in [4.78, 5) is 11.2. The second-order valence-electron chi connectivity index (χ2n) is 2.96. The summed E-state index contributed by atoms with van der Waals surface area (Å²) in [5.41, 5.74) is 0. The molecule has 3 atom stereocenters. The lowest BCUT2D eigenvalue weighted by Gasteiger charge is -2.25. The van der Waals surface area contributed by atoms with Crippen LogP contribution in [0, 0.1) is 0 Å². The van der Waals surface area contributed by atoms with E-state index in [0.717, 1.165) is 0 Å². The van der Waals surface area contributed by atoms with E-state index in [0.29, 0.717) is 13.0 Å². The summed E-state index contributed by atoms with van der Waals surface area (Å²) in [6.07, 6.45) is 0.532. The lowest BCUT2D eigenvalue weighted by molar-refractivity contribution is -0.120. The Labute approximate surface area is 73.2 Å². The molecule has 2 aliphatic rings. The van der Waals surface area contributed by atoms with E-state index in [4.69, 9.17) is 9.47 Å². The minimum absolute atomic E-state index is 0.0475. The quantitative estimate of drug-likeness (QED) is 0.486. The molecule has 11 heavy (non-hydrogen) atoms. The molecule has 0 bridgehead atoms. The molecule has 0 radical (unpaired) electrons. The molecule has 2 heterocycles. The number of hydrogen-bond acceptors (Lipinski definition) is 3. The number of rotatable bonds is 1. The number of Topliss-reactive ketones (excluding diaryl/α,β-unsaturated/α-hetero) is 1. The van der Waals surface area contributed by atoms with Gasteiger partial charge in [-0.2, -0.15) is 0 Å². The average molecular weight is 221 g/mol. The van der Waals surface area contributed by atoms with E-state index in [-0.39, 0.29) is 18.2 Å². The number of fused-ring (bicyclic) bond motifs is 1. The van der Waals surface area contributed by atoms with E-state index in [1.807, 2.05) is 0 Å². The van der Waals surface area contributed by atoms with Crippen LogP contribution in [-0.4, -0.2) is 29.1 Å². The van der Waals surface area contributed by atoms with Crippen LogP contribution in [0.5, 0.6) is 0 Å². The number of epoxide rings is 1. The zero-order valence-electron chi connectivity index (χ0n) is 6.17. The number of carbonyl (C=O) groups is 1. The summed E-state index contributed by atoms with van der Waals surface area (Å²) in [5.74, 6) is 0.133. The van der Waals surface area contributed by atoms with E-state index in [2.05, 4.69) is 15.9 Å². The maximum atomic E-state index is 11.2. The smallest absolute Gasteiger partial charge is 0.186 e. The van der Waals surface area contributed by atoms with Gasteiger partial charge in [-0.05, 0) is 13.3 Å². The first-order valence-corrected chi connectivity index (χ1v) is 4.41. The van der Waals surface area contributed by atoms with Crippen LogP contribution in [0.15, 0.2) is 0 Å². The fourth-order valence-electron chi connectivity index (χ4n) is 1.39. The molecule has 3 nitrogen and oxygen atoms in total.